The second-order valence-electron chi connectivity index (χ2n) is 6.91. The lowest BCUT2D eigenvalue weighted by Gasteiger charge is -2.13. The first-order valence-electron chi connectivity index (χ1n) is 9.64. The second-order valence-corrected chi connectivity index (χ2v) is 6.91. The fourth-order valence-electron chi connectivity index (χ4n) is 3.03. The van der Waals surface area contributed by atoms with Gasteiger partial charge in [0.2, 0.25) is 0 Å². The summed E-state index contributed by atoms with van der Waals surface area (Å²) in [6.07, 6.45) is 10.6. The largest absolute Gasteiger partial charge is 0.478 e. The van der Waals surface area contributed by atoms with Gasteiger partial charge >= 0.3 is 11.9 Å². The maximum atomic E-state index is 12.8. The zero-order valence-corrected chi connectivity index (χ0v) is 17.5. The minimum absolute atomic E-state index is 0.314. The lowest BCUT2D eigenvalue weighted by atomic mass is 9.96. The number of rotatable bonds is 6. The third-order valence-corrected chi connectivity index (χ3v) is 4.73. The van der Waals surface area contributed by atoms with Crippen LogP contribution in [-0.4, -0.2) is 34.0 Å². The van der Waals surface area contributed by atoms with Crippen molar-refractivity contribution in [2.45, 2.75) is 0 Å². The normalized spacial score (nSPS) is 9.82. The molecule has 8 nitrogen and oxygen atoms in total. The average Bonchev–Trinajstić information content (AvgIpc) is 2.83. The van der Waals surface area contributed by atoms with Crippen LogP contribution in [0.5, 0.6) is 0 Å². The van der Waals surface area contributed by atoms with Crippen LogP contribution in [0.1, 0.15) is 52.6 Å². The number of hydrogen-bond donors (Lipinski definition) is 4. The first-order chi connectivity index (χ1) is 16.2. The quantitative estimate of drug-likeness (QED) is 0.423. The SMILES string of the molecule is C#Cc1ccc(NC(=O)c2cc(C(=O)O)c(C(=O)Nc3ccc(C#C)cc3)cc2C(=O)O)cc1. The number of carboxylic acids is 2. The van der Waals surface area contributed by atoms with Crippen LogP contribution in [-0.2, 0) is 0 Å². The van der Waals surface area contributed by atoms with Crippen molar-refractivity contribution in [1.82, 2.24) is 0 Å². The lowest BCUT2D eigenvalue weighted by molar-refractivity contribution is 0.0677. The van der Waals surface area contributed by atoms with Gasteiger partial charge < -0.3 is 20.8 Å². The maximum Gasteiger partial charge on any atom is 0.336 e. The fourth-order valence-corrected chi connectivity index (χ4v) is 3.03. The molecule has 0 aromatic heterocycles. The number of terminal acetylenes is 2. The summed E-state index contributed by atoms with van der Waals surface area (Å²) < 4.78 is 0. The molecule has 0 radical (unpaired) electrons. The number of carbonyl (C=O) groups excluding carboxylic acids is 2. The van der Waals surface area contributed by atoms with Crippen molar-refractivity contribution in [2.24, 2.45) is 0 Å². The molecular formula is C26H16N2O6. The zero-order chi connectivity index (χ0) is 24.8. The van der Waals surface area contributed by atoms with Gasteiger partial charge in [0.15, 0.2) is 0 Å². The van der Waals surface area contributed by atoms with Crippen LogP contribution in [0, 0.1) is 24.7 Å². The highest BCUT2D eigenvalue weighted by Gasteiger charge is 2.26. The van der Waals surface area contributed by atoms with Crippen molar-refractivity contribution in [3.05, 3.63) is 94.0 Å². The standard InChI is InChI=1S/C26H16N2O6/c1-3-15-5-9-17(10-6-15)27-23(29)19-13-22(26(33)34)20(14-21(19)25(31)32)24(30)28-18-11-7-16(4-2)8-12-18/h1-2,5-14H,(H,27,29)(H,28,30)(H,31,32)(H,33,34). The number of anilines is 2. The molecule has 0 bridgehead atoms. The smallest absolute Gasteiger partial charge is 0.336 e. The Morgan fingerprint density at radius 1 is 0.588 bits per heavy atom. The molecule has 0 aliphatic carbocycles. The van der Waals surface area contributed by atoms with Gasteiger partial charge in [0, 0.05) is 22.5 Å². The van der Waals surface area contributed by atoms with Gasteiger partial charge in [-0.2, -0.15) is 0 Å². The first kappa shape index (κ1) is 23.3. The van der Waals surface area contributed by atoms with Crippen LogP contribution < -0.4 is 10.6 Å². The van der Waals surface area contributed by atoms with Crippen molar-refractivity contribution in [2.75, 3.05) is 10.6 Å². The van der Waals surface area contributed by atoms with Gasteiger partial charge in [-0.3, -0.25) is 9.59 Å². The number of aromatic carboxylic acids is 2. The number of carbonyl (C=O) groups is 4. The highest BCUT2D eigenvalue weighted by molar-refractivity contribution is 6.16. The summed E-state index contributed by atoms with van der Waals surface area (Å²) >= 11 is 0. The summed E-state index contributed by atoms with van der Waals surface area (Å²) in [5.41, 5.74) is -0.180. The van der Waals surface area contributed by atoms with Gasteiger partial charge in [-0.25, -0.2) is 9.59 Å². The summed E-state index contributed by atoms with van der Waals surface area (Å²) in [5, 5.41) is 24.2. The van der Waals surface area contributed by atoms with Crippen LogP contribution in [0.25, 0.3) is 0 Å². The molecule has 3 rings (SSSR count). The van der Waals surface area contributed by atoms with Gasteiger partial charge in [0.05, 0.1) is 22.3 Å². The minimum atomic E-state index is -1.52. The Morgan fingerprint density at radius 2 is 0.912 bits per heavy atom. The van der Waals surface area contributed by atoms with Crippen LogP contribution >= 0.6 is 0 Å². The molecule has 0 unspecified atom stereocenters. The Labute approximate surface area is 194 Å². The molecule has 0 saturated carbocycles. The van der Waals surface area contributed by atoms with E-state index in [4.69, 9.17) is 12.8 Å². The molecule has 2 amide bonds. The van der Waals surface area contributed by atoms with E-state index in [-0.39, 0.29) is 0 Å². The molecule has 3 aromatic rings. The molecule has 166 valence electrons. The molecule has 3 aromatic carbocycles. The van der Waals surface area contributed by atoms with E-state index >= 15 is 0 Å². The predicted octanol–water partition coefficient (Wildman–Crippen LogP) is 3.55. The monoisotopic (exact) mass is 452 g/mol. The Balaban J connectivity index is 1.99. The van der Waals surface area contributed by atoms with E-state index in [2.05, 4.69) is 22.5 Å². The molecule has 0 saturated heterocycles. The van der Waals surface area contributed by atoms with Crippen LogP contribution in [0.4, 0.5) is 11.4 Å². The predicted molar refractivity (Wildman–Crippen MR) is 125 cm³/mol. The molecule has 0 heterocycles. The molecule has 0 atom stereocenters. The van der Waals surface area contributed by atoms with Crippen molar-refractivity contribution in [3.8, 4) is 24.7 Å². The van der Waals surface area contributed by atoms with E-state index < -0.39 is 46.0 Å². The summed E-state index contributed by atoms with van der Waals surface area (Å²) in [6.45, 7) is 0. The Bertz CT molecular complexity index is 1280. The summed E-state index contributed by atoms with van der Waals surface area (Å²) in [5.74, 6) is 0.0681. The fraction of sp³-hybridized carbons (Fsp3) is 0. The minimum Gasteiger partial charge on any atom is -0.478 e. The summed E-state index contributed by atoms with van der Waals surface area (Å²) in [7, 11) is 0. The van der Waals surface area contributed by atoms with E-state index in [1.54, 1.807) is 24.3 Å². The van der Waals surface area contributed by atoms with Crippen molar-refractivity contribution in [3.63, 3.8) is 0 Å². The van der Waals surface area contributed by atoms with E-state index in [1.165, 1.54) is 24.3 Å². The average molecular weight is 452 g/mol. The van der Waals surface area contributed by atoms with Crippen LogP contribution in [0.15, 0.2) is 60.7 Å². The summed E-state index contributed by atoms with van der Waals surface area (Å²) in [4.78, 5) is 49.2. The number of amides is 2. The second kappa shape index (κ2) is 9.86. The molecule has 8 heteroatoms. The van der Waals surface area contributed by atoms with Crippen molar-refractivity contribution in [1.29, 1.82) is 0 Å². The topological polar surface area (TPSA) is 133 Å². The third-order valence-electron chi connectivity index (χ3n) is 4.73. The molecule has 0 aliphatic rings. The molecule has 0 aliphatic heterocycles. The van der Waals surface area contributed by atoms with Gasteiger partial charge in [-0.15, -0.1) is 12.8 Å². The molecule has 34 heavy (non-hydrogen) atoms. The highest BCUT2D eigenvalue weighted by Crippen LogP contribution is 2.22. The molecule has 0 spiro atoms. The highest BCUT2D eigenvalue weighted by atomic mass is 16.4. The third kappa shape index (κ3) is 5.10. The van der Waals surface area contributed by atoms with E-state index in [0.29, 0.717) is 22.5 Å². The number of nitrogens with one attached hydrogen (secondary N) is 2. The first-order valence-corrected chi connectivity index (χ1v) is 9.64. The van der Waals surface area contributed by atoms with Gasteiger partial charge in [-0.05, 0) is 60.7 Å². The zero-order valence-electron chi connectivity index (χ0n) is 17.5. The number of benzene rings is 3. The van der Waals surface area contributed by atoms with Gasteiger partial charge in [-0.1, -0.05) is 11.8 Å². The van der Waals surface area contributed by atoms with Gasteiger partial charge in [0.1, 0.15) is 0 Å². The van der Waals surface area contributed by atoms with Crippen molar-refractivity contribution < 1.29 is 29.4 Å². The lowest BCUT2D eigenvalue weighted by Crippen LogP contribution is -2.22. The van der Waals surface area contributed by atoms with Gasteiger partial charge in [0.25, 0.3) is 11.8 Å². The van der Waals surface area contributed by atoms with Crippen LogP contribution in [0.3, 0.4) is 0 Å². The van der Waals surface area contributed by atoms with Crippen molar-refractivity contribution >= 4 is 35.1 Å². The van der Waals surface area contributed by atoms with E-state index in [0.717, 1.165) is 12.1 Å². The Hall–Kier alpha value is -5.34. The Kier molecular flexibility index (Phi) is 6.76. The van der Waals surface area contributed by atoms with Crippen LogP contribution in [0.2, 0.25) is 0 Å². The number of carboxylic acid groups (broad SMARTS) is 2. The number of hydrogen-bond acceptors (Lipinski definition) is 4. The molecule has 0 fully saturated rings. The summed E-state index contributed by atoms with van der Waals surface area (Å²) in [6, 6.07) is 14.0. The molecular weight excluding hydrogens is 436 g/mol. The van der Waals surface area contributed by atoms with E-state index in [1.807, 2.05) is 0 Å². The Morgan fingerprint density at radius 3 is 1.18 bits per heavy atom. The maximum absolute atomic E-state index is 12.8. The van der Waals surface area contributed by atoms with E-state index in [9.17, 15) is 29.4 Å². The molecule has 4 N–H and O–H groups in total.